The third kappa shape index (κ3) is 4.72. The molecule has 0 radical (unpaired) electrons. The molecule has 2 aromatic heterocycles. The van der Waals surface area contributed by atoms with Crippen molar-refractivity contribution in [2.45, 2.75) is 52.6 Å². The Bertz CT molecular complexity index is 1190. The summed E-state index contributed by atoms with van der Waals surface area (Å²) >= 11 is 0. The van der Waals surface area contributed by atoms with E-state index in [1.165, 1.54) is 6.08 Å². The molecule has 1 saturated carbocycles. The van der Waals surface area contributed by atoms with Gasteiger partial charge in [0.05, 0.1) is 12.3 Å². The highest BCUT2D eigenvalue weighted by Gasteiger charge is 2.30. The highest BCUT2D eigenvalue weighted by atomic mass is 16.5. The molecule has 1 aliphatic heterocycles. The van der Waals surface area contributed by atoms with Crippen molar-refractivity contribution in [1.82, 2.24) is 24.4 Å². The van der Waals surface area contributed by atoms with Crippen LogP contribution >= 0.6 is 0 Å². The fourth-order valence-electron chi connectivity index (χ4n) is 4.45. The van der Waals surface area contributed by atoms with Crippen LogP contribution < -0.4 is 10.9 Å². The van der Waals surface area contributed by atoms with Gasteiger partial charge in [-0.3, -0.25) is 19.0 Å². The topological polar surface area (TPSA) is 118 Å². The van der Waals surface area contributed by atoms with Gasteiger partial charge in [0, 0.05) is 50.3 Å². The fourth-order valence-corrected chi connectivity index (χ4v) is 4.45. The van der Waals surface area contributed by atoms with E-state index in [-0.39, 0.29) is 29.3 Å². The van der Waals surface area contributed by atoms with Crippen molar-refractivity contribution in [1.29, 1.82) is 0 Å². The lowest BCUT2D eigenvalue weighted by molar-refractivity contribution is -0.125. The summed E-state index contributed by atoms with van der Waals surface area (Å²) in [5.74, 6) is -0.654. The van der Waals surface area contributed by atoms with Crippen LogP contribution in [0.25, 0.3) is 11.7 Å². The summed E-state index contributed by atoms with van der Waals surface area (Å²) in [6, 6.07) is 0.0403. The lowest BCUT2D eigenvalue weighted by Crippen LogP contribution is -2.34. The van der Waals surface area contributed by atoms with Crippen LogP contribution in [0.4, 0.5) is 0 Å². The molecule has 2 N–H and O–H groups in total. The number of nitrogens with zero attached hydrogens (tertiary/aromatic N) is 4. The van der Waals surface area contributed by atoms with Crippen LogP contribution in [0, 0.1) is 18.8 Å². The molecular weight excluding hydrogens is 438 g/mol. The first-order valence-corrected chi connectivity index (χ1v) is 11.8. The largest absolute Gasteiger partial charge is 0.494 e. The predicted molar refractivity (Wildman–Crippen MR) is 127 cm³/mol. The summed E-state index contributed by atoms with van der Waals surface area (Å²) in [7, 11) is 1.66. The van der Waals surface area contributed by atoms with Gasteiger partial charge in [-0.1, -0.05) is 13.8 Å². The number of rotatable bonds is 8. The lowest BCUT2D eigenvalue weighted by Gasteiger charge is -2.17. The summed E-state index contributed by atoms with van der Waals surface area (Å²) in [5, 5.41) is 18.2. The van der Waals surface area contributed by atoms with Crippen molar-refractivity contribution in [3.8, 4) is 5.88 Å². The van der Waals surface area contributed by atoms with Crippen molar-refractivity contribution in [2.24, 2.45) is 11.8 Å². The van der Waals surface area contributed by atoms with Crippen LogP contribution in [0.2, 0.25) is 0 Å². The molecule has 184 valence electrons. The zero-order valence-electron chi connectivity index (χ0n) is 20.2. The van der Waals surface area contributed by atoms with Gasteiger partial charge in [0.15, 0.2) is 5.56 Å². The summed E-state index contributed by atoms with van der Waals surface area (Å²) in [6.45, 7) is 7.99. The van der Waals surface area contributed by atoms with E-state index in [9.17, 15) is 19.5 Å². The van der Waals surface area contributed by atoms with Gasteiger partial charge in [-0.15, -0.1) is 0 Å². The second-order valence-electron chi connectivity index (χ2n) is 9.72. The molecule has 0 aromatic carbocycles. The van der Waals surface area contributed by atoms with E-state index in [1.807, 2.05) is 13.8 Å². The molecule has 0 bridgehead atoms. The number of fused-ring (bicyclic) bond motifs is 1. The maximum Gasteiger partial charge on any atom is 0.291 e. The number of likely N-dealkylation sites (tertiary alicyclic amines) is 1. The van der Waals surface area contributed by atoms with Gasteiger partial charge < -0.3 is 20.1 Å². The van der Waals surface area contributed by atoms with Gasteiger partial charge in [-0.05, 0) is 38.2 Å². The van der Waals surface area contributed by atoms with Gasteiger partial charge >= 0.3 is 0 Å². The number of aryl methyl sites for hydroxylation is 1. The third-order valence-corrected chi connectivity index (χ3v) is 6.30. The molecule has 3 heterocycles. The Hall–Kier alpha value is -3.14. The monoisotopic (exact) mass is 471 g/mol. The minimum absolute atomic E-state index is 0.0403. The number of hydrogen-bond acceptors (Lipinski definition) is 6. The summed E-state index contributed by atoms with van der Waals surface area (Å²) in [4.78, 5) is 40.5. The van der Waals surface area contributed by atoms with Gasteiger partial charge in [0.25, 0.3) is 11.5 Å². The van der Waals surface area contributed by atoms with Gasteiger partial charge in [-0.2, -0.15) is 9.61 Å². The Labute approximate surface area is 198 Å². The number of amides is 2. The van der Waals surface area contributed by atoms with E-state index >= 15 is 0 Å². The van der Waals surface area contributed by atoms with Crippen molar-refractivity contribution in [3.63, 3.8) is 0 Å². The summed E-state index contributed by atoms with van der Waals surface area (Å²) in [6.07, 6.45) is 5.75. The Morgan fingerprint density at radius 2 is 2.03 bits per heavy atom. The van der Waals surface area contributed by atoms with E-state index in [0.29, 0.717) is 49.1 Å². The standard InChI is InChI=1S/C24H33N5O5/c1-14(2)11-28-22-18(7-8-19(30)27-10-9-16(12-27)13-34-4)15(3)26-29(22)24(33)20(23(28)32)21(31)25-17-5-6-17/h7-8,14,16-17,32H,5-6,9-13H2,1-4H3,(H,25,31)/b8-7+/t16-/m0/s1. The Morgan fingerprint density at radius 1 is 1.29 bits per heavy atom. The zero-order valence-corrected chi connectivity index (χ0v) is 20.2. The van der Waals surface area contributed by atoms with Crippen LogP contribution in [-0.2, 0) is 16.1 Å². The average molecular weight is 472 g/mol. The SMILES string of the molecule is COC[C@H]1CCN(C(=O)/C=C/c2c(C)nn3c(=O)c(C(=O)NC4CC4)c(O)n(CC(C)C)c23)C1. The average Bonchev–Trinajstić information content (AvgIpc) is 3.34. The third-order valence-electron chi connectivity index (χ3n) is 6.30. The number of ether oxygens (including phenoxy) is 1. The first kappa shape index (κ1) is 24.0. The van der Waals surface area contributed by atoms with Crippen molar-refractivity contribution in [3.05, 3.63) is 33.3 Å². The van der Waals surface area contributed by atoms with Crippen molar-refractivity contribution < 1.29 is 19.4 Å². The van der Waals surface area contributed by atoms with Crippen molar-refractivity contribution >= 4 is 23.5 Å². The minimum Gasteiger partial charge on any atom is -0.494 e. The smallest absolute Gasteiger partial charge is 0.291 e. The molecule has 2 aliphatic rings. The number of hydrogen-bond donors (Lipinski definition) is 2. The van der Waals surface area contributed by atoms with E-state index < -0.39 is 11.5 Å². The maximum absolute atomic E-state index is 13.2. The Morgan fingerprint density at radius 3 is 2.68 bits per heavy atom. The molecule has 4 rings (SSSR count). The van der Waals surface area contributed by atoms with Crippen LogP contribution in [0.15, 0.2) is 10.9 Å². The summed E-state index contributed by atoms with van der Waals surface area (Å²) in [5.41, 5.74) is 0.455. The molecule has 0 unspecified atom stereocenters. The first-order valence-electron chi connectivity index (χ1n) is 11.8. The molecule has 1 saturated heterocycles. The highest BCUT2D eigenvalue weighted by molar-refractivity contribution is 5.97. The fraction of sp³-hybridized carbons (Fsp3) is 0.583. The van der Waals surface area contributed by atoms with Gasteiger partial charge in [0.2, 0.25) is 11.8 Å². The van der Waals surface area contributed by atoms with Gasteiger partial charge in [0.1, 0.15) is 5.65 Å². The van der Waals surface area contributed by atoms with Crippen LogP contribution in [0.1, 0.15) is 54.7 Å². The van der Waals surface area contributed by atoms with Crippen LogP contribution in [0.5, 0.6) is 5.88 Å². The number of methoxy groups -OCH3 is 1. The predicted octanol–water partition coefficient (Wildman–Crippen LogP) is 1.57. The molecule has 1 aliphatic carbocycles. The Kier molecular flexibility index (Phi) is 6.79. The molecule has 2 aromatic rings. The van der Waals surface area contributed by atoms with E-state index in [2.05, 4.69) is 10.4 Å². The second-order valence-corrected chi connectivity index (χ2v) is 9.72. The number of nitrogens with one attached hydrogen (secondary N) is 1. The maximum atomic E-state index is 13.2. The second kappa shape index (κ2) is 9.61. The molecule has 0 spiro atoms. The molecule has 10 heteroatoms. The number of carbonyl (C=O) groups excluding carboxylic acids is 2. The van der Waals surface area contributed by atoms with Crippen LogP contribution in [-0.4, -0.2) is 68.9 Å². The molecule has 1 atom stereocenters. The normalized spacial score (nSPS) is 18.5. The number of aromatic nitrogens is 3. The van der Waals surface area contributed by atoms with E-state index in [1.54, 1.807) is 29.6 Å². The molecular formula is C24H33N5O5. The molecule has 2 fully saturated rings. The zero-order chi connectivity index (χ0) is 24.6. The molecule has 34 heavy (non-hydrogen) atoms. The van der Waals surface area contributed by atoms with E-state index in [0.717, 1.165) is 23.8 Å². The summed E-state index contributed by atoms with van der Waals surface area (Å²) < 4.78 is 7.91. The van der Waals surface area contributed by atoms with E-state index in [4.69, 9.17) is 4.74 Å². The number of carbonyl (C=O) groups is 2. The van der Waals surface area contributed by atoms with Gasteiger partial charge in [-0.25, -0.2) is 0 Å². The van der Waals surface area contributed by atoms with Crippen LogP contribution in [0.3, 0.4) is 0 Å². The molecule has 10 nitrogen and oxygen atoms in total. The molecule has 2 amide bonds. The number of aromatic hydroxyl groups is 1. The quantitative estimate of drug-likeness (QED) is 0.564. The first-order chi connectivity index (χ1) is 16.2. The minimum atomic E-state index is -0.679. The Balaban J connectivity index is 1.73. The van der Waals surface area contributed by atoms with Crippen molar-refractivity contribution in [2.75, 3.05) is 26.8 Å². The highest BCUT2D eigenvalue weighted by Crippen LogP contribution is 2.26. The lowest BCUT2D eigenvalue weighted by atomic mass is 10.1.